The molecule has 0 atom stereocenters. The van der Waals surface area contributed by atoms with E-state index in [1.807, 2.05) is 18.5 Å². The van der Waals surface area contributed by atoms with E-state index >= 15 is 0 Å². The van der Waals surface area contributed by atoms with Crippen molar-refractivity contribution in [1.82, 2.24) is 4.98 Å². The van der Waals surface area contributed by atoms with E-state index in [4.69, 9.17) is 11.6 Å². The van der Waals surface area contributed by atoms with Crippen LogP contribution in [0.5, 0.6) is 0 Å². The second kappa shape index (κ2) is 5.03. The highest BCUT2D eigenvalue weighted by Gasteiger charge is 1.98. The Hall–Kier alpha value is -0.820. The lowest BCUT2D eigenvalue weighted by molar-refractivity contribution is 1.21. The van der Waals surface area contributed by atoms with E-state index in [1.165, 1.54) is 16.7 Å². The van der Waals surface area contributed by atoms with Crippen molar-refractivity contribution in [3.05, 3.63) is 35.7 Å². The second-order valence-corrected chi connectivity index (χ2v) is 3.43. The Kier molecular flexibility index (Phi) is 3.97. The molecule has 0 aliphatic heterocycles. The second-order valence-electron chi connectivity index (χ2n) is 3.06. The van der Waals surface area contributed by atoms with E-state index in [-0.39, 0.29) is 0 Å². The van der Waals surface area contributed by atoms with Crippen molar-refractivity contribution in [3.8, 4) is 0 Å². The van der Waals surface area contributed by atoms with Crippen molar-refractivity contribution in [3.63, 3.8) is 0 Å². The summed E-state index contributed by atoms with van der Waals surface area (Å²) in [6.45, 7) is 4.19. The molecule has 0 fully saturated rings. The van der Waals surface area contributed by atoms with Crippen molar-refractivity contribution in [2.24, 2.45) is 0 Å². The summed E-state index contributed by atoms with van der Waals surface area (Å²) >= 11 is 5.61. The van der Waals surface area contributed by atoms with Gasteiger partial charge in [-0.1, -0.05) is 6.08 Å². The Morgan fingerprint density at radius 1 is 1.62 bits per heavy atom. The topological polar surface area (TPSA) is 12.9 Å². The third-order valence-corrected chi connectivity index (χ3v) is 2.24. The van der Waals surface area contributed by atoms with E-state index in [9.17, 15) is 0 Å². The third-order valence-electron chi connectivity index (χ3n) is 2.02. The van der Waals surface area contributed by atoms with Crippen LogP contribution >= 0.6 is 11.6 Å². The number of nitrogens with zero attached hydrogens (tertiary/aromatic N) is 1. The number of halogens is 1. The number of aryl methyl sites for hydroxylation is 1. The van der Waals surface area contributed by atoms with Gasteiger partial charge >= 0.3 is 0 Å². The summed E-state index contributed by atoms with van der Waals surface area (Å²) in [4.78, 5) is 4.10. The maximum Gasteiger partial charge on any atom is 0.0345 e. The Bertz CT molecular complexity index is 305. The molecule has 0 spiro atoms. The average molecular weight is 196 g/mol. The van der Waals surface area contributed by atoms with Crippen LogP contribution in [0.1, 0.15) is 24.5 Å². The highest BCUT2D eigenvalue weighted by molar-refractivity contribution is 6.17. The summed E-state index contributed by atoms with van der Waals surface area (Å²) in [6, 6.07) is 2.02. The van der Waals surface area contributed by atoms with Gasteiger partial charge in [-0.25, -0.2) is 0 Å². The van der Waals surface area contributed by atoms with E-state index in [1.54, 1.807) is 0 Å². The van der Waals surface area contributed by atoms with Gasteiger partial charge in [-0.3, -0.25) is 4.98 Å². The molecule has 1 heterocycles. The SMILES string of the molecule is C/C(=C/CCCl)c1cnccc1C. The van der Waals surface area contributed by atoms with Gasteiger partial charge in [0.2, 0.25) is 0 Å². The minimum Gasteiger partial charge on any atom is -0.264 e. The zero-order chi connectivity index (χ0) is 9.68. The molecule has 70 valence electrons. The normalized spacial score (nSPS) is 11.8. The molecule has 2 heteroatoms. The fourth-order valence-electron chi connectivity index (χ4n) is 1.26. The van der Waals surface area contributed by atoms with Crippen molar-refractivity contribution in [2.45, 2.75) is 20.3 Å². The van der Waals surface area contributed by atoms with Gasteiger partial charge in [0, 0.05) is 18.3 Å². The minimum absolute atomic E-state index is 0.677. The molecule has 1 nitrogen and oxygen atoms in total. The van der Waals surface area contributed by atoms with Crippen LogP contribution in [-0.2, 0) is 0 Å². The Balaban J connectivity index is 2.88. The van der Waals surface area contributed by atoms with Crippen LogP contribution in [-0.4, -0.2) is 10.9 Å². The molecule has 13 heavy (non-hydrogen) atoms. The van der Waals surface area contributed by atoms with Gasteiger partial charge < -0.3 is 0 Å². The molecule has 1 aromatic heterocycles. The smallest absolute Gasteiger partial charge is 0.0345 e. The molecule has 0 bridgehead atoms. The van der Waals surface area contributed by atoms with Crippen LogP contribution in [0.4, 0.5) is 0 Å². The Labute approximate surface area is 84.5 Å². The van der Waals surface area contributed by atoms with Crippen LogP contribution < -0.4 is 0 Å². The van der Waals surface area contributed by atoms with Gasteiger partial charge in [0.05, 0.1) is 0 Å². The monoisotopic (exact) mass is 195 g/mol. The number of rotatable bonds is 3. The fraction of sp³-hybridized carbons (Fsp3) is 0.364. The average Bonchev–Trinajstić information content (AvgIpc) is 2.15. The number of aromatic nitrogens is 1. The van der Waals surface area contributed by atoms with E-state index < -0.39 is 0 Å². The fourth-order valence-corrected chi connectivity index (χ4v) is 1.37. The van der Waals surface area contributed by atoms with Crippen LogP contribution in [0.2, 0.25) is 0 Å². The first-order valence-electron chi connectivity index (χ1n) is 4.39. The molecule has 0 aromatic carbocycles. The summed E-state index contributed by atoms with van der Waals surface area (Å²) in [5.41, 5.74) is 3.73. The largest absolute Gasteiger partial charge is 0.264 e. The lowest BCUT2D eigenvalue weighted by atomic mass is 10.0. The van der Waals surface area contributed by atoms with Gasteiger partial charge in [0.15, 0.2) is 0 Å². The van der Waals surface area contributed by atoms with Gasteiger partial charge in [-0.05, 0) is 43.0 Å². The predicted molar refractivity (Wildman–Crippen MR) is 58.0 cm³/mol. The molecular formula is C11H14ClN. The number of pyridine rings is 1. The molecule has 1 aromatic rings. The molecule has 0 aliphatic rings. The van der Waals surface area contributed by atoms with Crippen LogP contribution in [0, 0.1) is 6.92 Å². The molecule has 0 aliphatic carbocycles. The zero-order valence-electron chi connectivity index (χ0n) is 8.05. The zero-order valence-corrected chi connectivity index (χ0v) is 8.80. The van der Waals surface area contributed by atoms with Crippen LogP contribution in [0.25, 0.3) is 5.57 Å². The van der Waals surface area contributed by atoms with Crippen molar-refractivity contribution >= 4 is 17.2 Å². The van der Waals surface area contributed by atoms with Gasteiger partial charge in [-0.2, -0.15) is 0 Å². The third kappa shape index (κ3) is 2.85. The first-order chi connectivity index (χ1) is 6.25. The van der Waals surface area contributed by atoms with Crippen molar-refractivity contribution < 1.29 is 0 Å². The first-order valence-corrected chi connectivity index (χ1v) is 4.93. The van der Waals surface area contributed by atoms with E-state index in [0.29, 0.717) is 5.88 Å². The molecular weight excluding hydrogens is 182 g/mol. The molecule has 0 unspecified atom stereocenters. The number of alkyl halides is 1. The highest BCUT2D eigenvalue weighted by atomic mass is 35.5. The van der Waals surface area contributed by atoms with E-state index in [2.05, 4.69) is 24.9 Å². The Morgan fingerprint density at radius 2 is 2.38 bits per heavy atom. The lowest BCUT2D eigenvalue weighted by Gasteiger charge is -2.04. The summed E-state index contributed by atoms with van der Waals surface area (Å²) in [7, 11) is 0. The summed E-state index contributed by atoms with van der Waals surface area (Å²) in [5, 5.41) is 0. The predicted octanol–water partition coefficient (Wildman–Crippen LogP) is 3.42. The quantitative estimate of drug-likeness (QED) is 0.674. The highest BCUT2D eigenvalue weighted by Crippen LogP contribution is 2.17. The number of hydrogen-bond donors (Lipinski definition) is 0. The number of hydrogen-bond acceptors (Lipinski definition) is 1. The molecule has 0 radical (unpaired) electrons. The van der Waals surface area contributed by atoms with Crippen LogP contribution in [0.3, 0.4) is 0 Å². The van der Waals surface area contributed by atoms with Gasteiger partial charge in [0.1, 0.15) is 0 Å². The van der Waals surface area contributed by atoms with E-state index in [0.717, 1.165) is 6.42 Å². The first kappa shape index (κ1) is 10.3. The minimum atomic E-state index is 0.677. The molecule has 0 saturated heterocycles. The molecule has 0 N–H and O–H groups in total. The van der Waals surface area contributed by atoms with Gasteiger partial charge in [-0.15, -0.1) is 11.6 Å². The standard InChI is InChI=1S/C11H14ClN/c1-9(4-3-6-12)11-8-13-7-5-10(11)2/h4-5,7-8H,3,6H2,1-2H3/b9-4-. The summed E-state index contributed by atoms with van der Waals surface area (Å²) in [6.07, 6.45) is 6.78. The maximum absolute atomic E-state index is 5.61. The molecule has 1 rings (SSSR count). The lowest BCUT2D eigenvalue weighted by Crippen LogP contribution is -1.87. The van der Waals surface area contributed by atoms with Crippen molar-refractivity contribution in [1.29, 1.82) is 0 Å². The molecule has 0 saturated carbocycles. The van der Waals surface area contributed by atoms with Crippen LogP contribution in [0.15, 0.2) is 24.5 Å². The van der Waals surface area contributed by atoms with Crippen molar-refractivity contribution in [2.75, 3.05) is 5.88 Å². The summed E-state index contributed by atoms with van der Waals surface area (Å²) in [5.74, 6) is 0.677. The Morgan fingerprint density at radius 3 is 3.00 bits per heavy atom. The summed E-state index contributed by atoms with van der Waals surface area (Å²) < 4.78 is 0. The maximum atomic E-state index is 5.61. The number of allylic oxidation sites excluding steroid dienone is 2. The molecule has 0 amide bonds. The van der Waals surface area contributed by atoms with Gasteiger partial charge in [0.25, 0.3) is 0 Å².